The second kappa shape index (κ2) is 12.9. The number of halogens is 2. The van der Waals surface area contributed by atoms with Crippen LogP contribution < -0.4 is 24.8 Å². The van der Waals surface area contributed by atoms with Crippen molar-refractivity contribution >= 4 is 21.5 Å². The average molecular weight is 596 g/mol. The van der Waals surface area contributed by atoms with E-state index < -0.39 is 0 Å². The van der Waals surface area contributed by atoms with E-state index in [9.17, 15) is 0 Å². The van der Waals surface area contributed by atoms with Crippen molar-refractivity contribution in [3.63, 3.8) is 0 Å². The van der Waals surface area contributed by atoms with Crippen molar-refractivity contribution in [3.05, 3.63) is 83.9 Å². The van der Waals surface area contributed by atoms with Crippen molar-refractivity contribution in [2.75, 3.05) is 0 Å². The Bertz CT molecular complexity index is 931. The van der Waals surface area contributed by atoms with Gasteiger partial charge in [-0.3, -0.25) is 0 Å². The van der Waals surface area contributed by atoms with Crippen molar-refractivity contribution < 1.29 is 77.2 Å². The maximum atomic E-state index is 2.26. The van der Waals surface area contributed by atoms with Crippen LogP contribution in [-0.4, -0.2) is 0 Å². The SMILES string of the molecule is CC(C)(C)c1c[cH-]c2ccccc12.CC(C)(C)c1c[cH-]c2ccccc12.[Cl-].[Cl-].[Zr+2].[Zr+2]. The molecule has 0 fully saturated rings. The van der Waals surface area contributed by atoms with Gasteiger partial charge in [-0.2, -0.15) is 0 Å². The molecular formula is C26H30Cl2Zr2. The molecule has 0 bridgehead atoms. The molecule has 0 unspecified atom stereocenters. The van der Waals surface area contributed by atoms with E-state index >= 15 is 0 Å². The predicted octanol–water partition coefficient (Wildman–Crippen LogP) is 1.72. The van der Waals surface area contributed by atoms with E-state index in [1.165, 1.54) is 32.7 Å². The van der Waals surface area contributed by atoms with Crippen LogP contribution in [0.5, 0.6) is 0 Å². The Morgan fingerprint density at radius 2 is 0.833 bits per heavy atom. The zero-order valence-electron chi connectivity index (χ0n) is 18.7. The van der Waals surface area contributed by atoms with Gasteiger partial charge in [0.05, 0.1) is 0 Å². The Morgan fingerprint density at radius 1 is 0.533 bits per heavy atom. The minimum atomic E-state index is 0. The van der Waals surface area contributed by atoms with Crippen LogP contribution in [0.15, 0.2) is 72.8 Å². The number of fused-ring (bicyclic) bond motifs is 2. The molecule has 0 aliphatic carbocycles. The van der Waals surface area contributed by atoms with Gasteiger partial charge in [0.1, 0.15) is 0 Å². The normalized spacial score (nSPS) is 10.6. The number of hydrogen-bond donors (Lipinski definition) is 0. The summed E-state index contributed by atoms with van der Waals surface area (Å²) in [6, 6.07) is 26.0. The summed E-state index contributed by atoms with van der Waals surface area (Å²) < 4.78 is 0. The molecule has 0 N–H and O–H groups in total. The number of hydrogen-bond acceptors (Lipinski definition) is 0. The topological polar surface area (TPSA) is 0 Å². The molecule has 4 aromatic carbocycles. The van der Waals surface area contributed by atoms with E-state index in [-0.39, 0.29) is 88.1 Å². The summed E-state index contributed by atoms with van der Waals surface area (Å²) in [6.45, 7) is 13.6. The molecule has 4 aromatic rings. The van der Waals surface area contributed by atoms with E-state index in [0.717, 1.165) is 0 Å². The van der Waals surface area contributed by atoms with Gasteiger partial charge in [-0.15, -0.1) is 93.3 Å². The molecule has 0 heterocycles. The van der Waals surface area contributed by atoms with Crippen molar-refractivity contribution in [3.8, 4) is 0 Å². The van der Waals surface area contributed by atoms with E-state index in [1.54, 1.807) is 0 Å². The predicted molar refractivity (Wildman–Crippen MR) is 116 cm³/mol. The fraction of sp³-hybridized carbons (Fsp3) is 0.308. The third kappa shape index (κ3) is 7.55. The summed E-state index contributed by atoms with van der Waals surface area (Å²) in [7, 11) is 0. The van der Waals surface area contributed by atoms with Gasteiger partial charge < -0.3 is 24.8 Å². The summed E-state index contributed by atoms with van der Waals surface area (Å²) in [5, 5.41) is 5.50. The third-order valence-electron chi connectivity index (χ3n) is 4.98. The van der Waals surface area contributed by atoms with Crippen molar-refractivity contribution in [2.24, 2.45) is 0 Å². The van der Waals surface area contributed by atoms with Gasteiger partial charge in [0.25, 0.3) is 0 Å². The first-order valence-electron chi connectivity index (χ1n) is 9.48. The smallest absolute Gasteiger partial charge is 1.00 e. The summed E-state index contributed by atoms with van der Waals surface area (Å²) in [5.41, 5.74) is 3.40. The van der Waals surface area contributed by atoms with Crippen LogP contribution in [-0.2, 0) is 63.2 Å². The maximum Gasteiger partial charge on any atom is 2.00 e. The Kier molecular flexibility index (Phi) is 13.8. The summed E-state index contributed by atoms with van der Waals surface area (Å²) in [5.74, 6) is 0. The zero-order valence-corrected chi connectivity index (χ0v) is 25.1. The summed E-state index contributed by atoms with van der Waals surface area (Å²) >= 11 is 0. The van der Waals surface area contributed by atoms with Crippen LogP contribution in [0.25, 0.3) is 21.5 Å². The molecule has 30 heavy (non-hydrogen) atoms. The fourth-order valence-electron chi connectivity index (χ4n) is 3.61. The number of rotatable bonds is 0. The second-order valence-electron chi connectivity index (χ2n) is 9.17. The Morgan fingerprint density at radius 3 is 1.13 bits per heavy atom. The molecule has 0 spiro atoms. The molecule has 0 nitrogen and oxygen atoms in total. The minimum Gasteiger partial charge on any atom is -1.00 e. The summed E-state index contributed by atoms with van der Waals surface area (Å²) in [4.78, 5) is 0. The monoisotopic (exact) mass is 592 g/mol. The van der Waals surface area contributed by atoms with Gasteiger partial charge in [0.2, 0.25) is 0 Å². The first-order valence-corrected chi connectivity index (χ1v) is 9.48. The van der Waals surface area contributed by atoms with Gasteiger partial charge >= 0.3 is 52.4 Å². The first-order chi connectivity index (χ1) is 12.2. The molecule has 0 aliphatic rings. The third-order valence-corrected chi connectivity index (χ3v) is 4.98. The van der Waals surface area contributed by atoms with Crippen molar-refractivity contribution in [1.29, 1.82) is 0 Å². The Labute approximate surface area is 233 Å². The molecule has 4 heteroatoms. The van der Waals surface area contributed by atoms with Gasteiger partial charge in [0.15, 0.2) is 0 Å². The van der Waals surface area contributed by atoms with E-state index in [4.69, 9.17) is 0 Å². The molecule has 0 aromatic heterocycles. The van der Waals surface area contributed by atoms with E-state index in [1.807, 2.05) is 0 Å². The van der Waals surface area contributed by atoms with Gasteiger partial charge in [-0.1, -0.05) is 64.5 Å². The second-order valence-corrected chi connectivity index (χ2v) is 9.17. The maximum absolute atomic E-state index is 2.26. The van der Waals surface area contributed by atoms with Crippen LogP contribution in [0.1, 0.15) is 52.7 Å². The first kappa shape index (κ1) is 32.2. The molecule has 0 atom stereocenters. The quantitative estimate of drug-likeness (QED) is 0.272. The van der Waals surface area contributed by atoms with Gasteiger partial charge in [-0.25, -0.2) is 0 Å². The Balaban J connectivity index is 0. The van der Waals surface area contributed by atoms with Gasteiger partial charge in [0, 0.05) is 0 Å². The molecule has 0 radical (unpaired) electrons. The van der Waals surface area contributed by atoms with Gasteiger partial charge in [-0.05, 0) is 0 Å². The average Bonchev–Trinajstić information content (AvgIpc) is 3.19. The minimum absolute atomic E-state index is 0. The fourth-order valence-corrected chi connectivity index (χ4v) is 3.61. The summed E-state index contributed by atoms with van der Waals surface area (Å²) in [6.07, 6.45) is 0. The van der Waals surface area contributed by atoms with Crippen molar-refractivity contribution in [2.45, 2.75) is 52.4 Å². The zero-order chi connectivity index (χ0) is 18.9. The molecular weight excluding hydrogens is 566 g/mol. The van der Waals surface area contributed by atoms with Crippen LogP contribution in [0.3, 0.4) is 0 Å². The molecule has 0 saturated heterocycles. The molecule has 4 rings (SSSR count). The largest absolute Gasteiger partial charge is 2.00 e. The number of benzene rings is 2. The van der Waals surface area contributed by atoms with Crippen LogP contribution >= 0.6 is 0 Å². The van der Waals surface area contributed by atoms with Crippen LogP contribution in [0.2, 0.25) is 0 Å². The standard InChI is InChI=1S/2C13H15.2ClH.2Zr/c2*1-13(2,3)12-9-8-10-6-4-5-7-11(10)12;;;;/h2*4-9H,1-3H3;2*1H;;/q2*-1;;;2*+2/p-2. The molecule has 0 amide bonds. The molecule has 156 valence electrons. The Hall–Kier alpha value is 0.00623. The van der Waals surface area contributed by atoms with Crippen molar-refractivity contribution in [1.82, 2.24) is 0 Å². The molecule has 0 saturated carbocycles. The molecule has 0 aliphatic heterocycles. The van der Waals surface area contributed by atoms with E-state index in [0.29, 0.717) is 0 Å². The van der Waals surface area contributed by atoms with E-state index in [2.05, 4.69) is 114 Å². The van der Waals surface area contributed by atoms with Crippen LogP contribution in [0.4, 0.5) is 0 Å². The van der Waals surface area contributed by atoms with Crippen LogP contribution in [0, 0.1) is 0 Å².